The molecule has 0 unspecified atom stereocenters. The van der Waals surface area contributed by atoms with Crippen LogP contribution in [0.5, 0.6) is 0 Å². The summed E-state index contributed by atoms with van der Waals surface area (Å²) in [5.41, 5.74) is 3.87. The molecular formula is C12H9IN4. The molecule has 0 saturated carbocycles. The zero-order valence-corrected chi connectivity index (χ0v) is 11.3. The summed E-state index contributed by atoms with van der Waals surface area (Å²) in [6.45, 7) is 1.99. The zero-order chi connectivity index (χ0) is 11.8. The predicted molar refractivity (Wildman–Crippen MR) is 73.7 cm³/mol. The highest BCUT2D eigenvalue weighted by atomic mass is 127. The summed E-state index contributed by atoms with van der Waals surface area (Å²) in [4.78, 5) is 8.43. The average molecular weight is 336 g/mol. The van der Waals surface area contributed by atoms with E-state index in [1.165, 1.54) is 0 Å². The Kier molecular flexibility index (Phi) is 2.54. The Morgan fingerprint density at radius 2 is 1.88 bits per heavy atom. The fraction of sp³-hybridized carbons (Fsp3) is 0.0833. The summed E-state index contributed by atoms with van der Waals surface area (Å²) in [5.74, 6) is 0. The van der Waals surface area contributed by atoms with Crippen LogP contribution in [0.2, 0.25) is 0 Å². The van der Waals surface area contributed by atoms with Crippen LogP contribution in [0.4, 0.5) is 0 Å². The van der Waals surface area contributed by atoms with Crippen molar-refractivity contribution in [3.8, 4) is 11.3 Å². The van der Waals surface area contributed by atoms with Crippen LogP contribution < -0.4 is 0 Å². The molecule has 0 aliphatic heterocycles. The molecule has 0 amide bonds. The Hall–Kier alpha value is -1.50. The number of aryl methyl sites for hydroxylation is 1. The molecule has 84 valence electrons. The first-order valence-corrected chi connectivity index (χ1v) is 6.26. The molecule has 0 saturated heterocycles. The maximum atomic E-state index is 4.58. The lowest BCUT2D eigenvalue weighted by molar-refractivity contribution is 0.916. The average Bonchev–Trinajstić information content (AvgIpc) is 2.66. The van der Waals surface area contributed by atoms with Gasteiger partial charge in [-0.2, -0.15) is 5.10 Å². The summed E-state index contributed by atoms with van der Waals surface area (Å²) < 4.78 is 2.92. The lowest BCUT2D eigenvalue weighted by Crippen LogP contribution is -1.96. The van der Waals surface area contributed by atoms with E-state index >= 15 is 0 Å². The topological polar surface area (TPSA) is 43.1 Å². The van der Waals surface area contributed by atoms with Crippen molar-refractivity contribution in [1.29, 1.82) is 0 Å². The first kappa shape index (κ1) is 10.6. The number of rotatable bonds is 1. The van der Waals surface area contributed by atoms with Gasteiger partial charge >= 0.3 is 0 Å². The predicted octanol–water partition coefficient (Wildman–Crippen LogP) is 2.70. The van der Waals surface area contributed by atoms with Crippen molar-refractivity contribution in [3.05, 3.63) is 46.1 Å². The van der Waals surface area contributed by atoms with E-state index in [2.05, 4.69) is 37.7 Å². The molecule has 4 nitrogen and oxygen atoms in total. The van der Waals surface area contributed by atoms with Crippen LogP contribution in [0.1, 0.15) is 5.69 Å². The quantitative estimate of drug-likeness (QED) is 0.642. The summed E-state index contributed by atoms with van der Waals surface area (Å²) in [6.07, 6.45) is 3.54. The van der Waals surface area contributed by atoms with E-state index in [4.69, 9.17) is 0 Å². The van der Waals surface area contributed by atoms with Gasteiger partial charge in [-0.3, -0.25) is 4.98 Å². The van der Waals surface area contributed by atoms with Gasteiger partial charge in [0.05, 0.1) is 11.4 Å². The van der Waals surface area contributed by atoms with Crippen molar-refractivity contribution in [2.75, 3.05) is 0 Å². The van der Waals surface area contributed by atoms with Crippen molar-refractivity contribution in [2.24, 2.45) is 0 Å². The minimum atomic E-state index is 0.879. The summed E-state index contributed by atoms with van der Waals surface area (Å²) in [5, 5.41) is 4.58. The van der Waals surface area contributed by atoms with E-state index in [-0.39, 0.29) is 0 Å². The highest BCUT2D eigenvalue weighted by Gasteiger charge is 2.08. The van der Waals surface area contributed by atoms with Crippen LogP contribution in [0, 0.1) is 10.6 Å². The fourth-order valence-electron chi connectivity index (χ4n) is 1.69. The van der Waals surface area contributed by atoms with Crippen molar-refractivity contribution < 1.29 is 0 Å². The molecule has 5 heteroatoms. The third-order valence-electron chi connectivity index (χ3n) is 2.56. The Labute approximate surface area is 112 Å². The fourth-order valence-corrected chi connectivity index (χ4v) is 2.17. The number of pyridine rings is 1. The number of nitrogens with zero attached hydrogens (tertiary/aromatic N) is 4. The van der Waals surface area contributed by atoms with Crippen LogP contribution in [-0.4, -0.2) is 19.6 Å². The van der Waals surface area contributed by atoms with Crippen LogP contribution in [0.3, 0.4) is 0 Å². The summed E-state index contributed by atoms with van der Waals surface area (Å²) >= 11 is 2.26. The number of halogens is 1. The van der Waals surface area contributed by atoms with Crippen LogP contribution in [0.25, 0.3) is 16.9 Å². The first-order chi connectivity index (χ1) is 8.25. The van der Waals surface area contributed by atoms with Crippen molar-refractivity contribution in [3.63, 3.8) is 0 Å². The van der Waals surface area contributed by atoms with Gasteiger partial charge in [-0.05, 0) is 53.8 Å². The van der Waals surface area contributed by atoms with Crippen molar-refractivity contribution in [2.45, 2.75) is 6.92 Å². The van der Waals surface area contributed by atoms with E-state index in [1.807, 2.05) is 35.7 Å². The molecule has 0 radical (unpaired) electrons. The summed E-state index contributed by atoms with van der Waals surface area (Å²) in [6, 6.07) is 7.86. The van der Waals surface area contributed by atoms with E-state index in [1.54, 1.807) is 12.4 Å². The number of hydrogen-bond acceptors (Lipinski definition) is 3. The Balaban J connectivity index is 2.23. The van der Waals surface area contributed by atoms with Gasteiger partial charge in [0, 0.05) is 18.0 Å². The van der Waals surface area contributed by atoms with Crippen LogP contribution in [0.15, 0.2) is 36.7 Å². The lowest BCUT2D eigenvalue weighted by Gasteiger charge is -2.01. The van der Waals surface area contributed by atoms with Gasteiger partial charge in [0.25, 0.3) is 0 Å². The van der Waals surface area contributed by atoms with Gasteiger partial charge in [-0.15, -0.1) is 0 Å². The maximum Gasteiger partial charge on any atom is 0.155 e. The highest BCUT2D eigenvalue weighted by molar-refractivity contribution is 14.1. The molecular weight excluding hydrogens is 327 g/mol. The lowest BCUT2D eigenvalue weighted by atomic mass is 10.2. The Bertz CT molecular complexity index is 676. The SMILES string of the molecule is Cc1nc2ccc(-c3ccncc3)nn2c1I. The number of hydrogen-bond donors (Lipinski definition) is 0. The Morgan fingerprint density at radius 3 is 2.65 bits per heavy atom. The van der Waals surface area contributed by atoms with E-state index < -0.39 is 0 Å². The van der Waals surface area contributed by atoms with Gasteiger partial charge in [-0.1, -0.05) is 0 Å². The third kappa shape index (κ3) is 1.80. The molecule has 0 aromatic carbocycles. The molecule has 3 heterocycles. The standard InChI is InChI=1S/C12H9IN4/c1-8-12(13)17-11(15-8)3-2-10(16-17)9-4-6-14-7-5-9/h2-7H,1H3. The zero-order valence-electron chi connectivity index (χ0n) is 9.13. The second kappa shape index (κ2) is 4.06. The highest BCUT2D eigenvalue weighted by Crippen LogP contribution is 2.18. The normalized spacial score (nSPS) is 10.9. The van der Waals surface area contributed by atoms with E-state index in [9.17, 15) is 0 Å². The molecule has 0 bridgehead atoms. The smallest absolute Gasteiger partial charge is 0.155 e. The van der Waals surface area contributed by atoms with Gasteiger partial charge in [0.2, 0.25) is 0 Å². The van der Waals surface area contributed by atoms with Gasteiger partial charge in [-0.25, -0.2) is 9.50 Å². The maximum absolute atomic E-state index is 4.58. The molecule has 3 aromatic heterocycles. The van der Waals surface area contributed by atoms with E-state index in [0.29, 0.717) is 0 Å². The summed E-state index contributed by atoms with van der Waals surface area (Å²) in [7, 11) is 0. The minimum absolute atomic E-state index is 0.879. The molecule has 0 N–H and O–H groups in total. The molecule has 0 aliphatic rings. The molecule has 0 spiro atoms. The number of fused-ring (bicyclic) bond motifs is 1. The number of aromatic nitrogens is 4. The molecule has 0 fully saturated rings. The van der Waals surface area contributed by atoms with Gasteiger partial charge < -0.3 is 0 Å². The molecule has 3 rings (SSSR count). The second-order valence-electron chi connectivity index (χ2n) is 3.71. The monoisotopic (exact) mass is 336 g/mol. The van der Waals surface area contributed by atoms with Crippen LogP contribution in [-0.2, 0) is 0 Å². The molecule has 17 heavy (non-hydrogen) atoms. The van der Waals surface area contributed by atoms with E-state index in [0.717, 1.165) is 26.3 Å². The third-order valence-corrected chi connectivity index (χ3v) is 3.80. The van der Waals surface area contributed by atoms with Crippen molar-refractivity contribution in [1.82, 2.24) is 19.6 Å². The van der Waals surface area contributed by atoms with Gasteiger partial charge in [0.1, 0.15) is 3.70 Å². The molecule has 3 aromatic rings. The second-order valence-corrected chi connectivity index (χ2v) is 4.73. The van der Waals surface area contributed by atoms with Gasteiger partial charge in [0.15, 0.2) is 5.65 Å². The Morgan fingerprint density at radius 1 is 1.12 bits per heavy atom. The van der Waals surface area contributed by atoms with Crippen LogP contribution >= 0.6 is 22.6 Å². The number of imidazole rings is 1. The first-order valence-electron chi connectivity index (χ1n) is 5.18. The van der Waals surface area contributed by atoms with Crippen molar-refractivity contribution >= 4 is 28.2 Å². The minimum Gasteiger partial charge on any atom is -0.265 e. The largest absolute Gasteiger partial charge is 0.265 e. The molecule has 0 aliphatic carbocycles. The molecule has 0 atom stereocenters.